The van der Waals surface area contributed by atoms with Crippen LogP contribution in [0.3, 0.4) is 0 Å². The van der Waals surface area contributed by atoms with Crippen LogP contribution in [0.25, 0.3) is 0 Å². The Balaban J connectivity index is 4.42. The molecule has 0 radical (unpaired) electrons. The van der Waals surface area contributed by atoms with Crippen LogP contribution in [-0.4, -0.2) is 44.8 Å². The van der Waals surface area contributed by atoms with Gasteiger partial charge in [-0.3, -0.25) is 4.79 Å². The van der Waals surface area contributed by atoms with Gasteiger partial charge in [0.15, 0.2) is 0 Å². The molecule has 0 aliphatic rings. The molecule has 0 aromatic heterocycles. The fourth-order valence-electron chi connectivity index (χ4n) is 1.18. The summed E-state index contributed by atoms with van der Waals surface area (Å²) in [7, 11) is -3.38. The number of nitrogens with one attached hydrogen (secondary N) is 1. The molecule has 0 saturated carbocycles. The van der Waals surface area contributed by atoms with Crippen molar-refractivity contribution in [2.75, 3.05) is 24.4 Å². The van der Waals surface area contributed by atoms with E-state index in [1.54, 1.807) is 11.8 Å². The summed E-state index contributed by atoms with van der Waals surface area (Å²) in [5, 5.41) is 0. The van der Waals surface area contributed by atoms with E-state index in [2.05, 4.69) is 4.72 Å². The zero-order valence-corrected chi connectivity index (χ0v) is 12.9. The number of ether oxygens (including phenoxy) is 1. The number of hydrogen-bond acceptors (Lipinski definition) is 5. The number of unbranched alkanes of at least 4 members (excludes halogenated alkanes) is 1. The molecule has 108 valence electrons. The van der Waals surface area contributed by atoms with Crippen LogP contribution >= 0.6 is 11.8 Å². The molecule has 0 heterocycles. The molecule has 0 fully saturated rings. The zero-order valence-electron chi connectivity index (χ0n) is 11.3. The third kappa shape index (κ3) is 7.94. The van der Waals surface area contributed by atoms with E-state index >= 15 is 0 Å². The number of esters is 1. The summed E-state index contributed by atoms with van der Waals surface area (Å²) in [5.41, 5.74) is 0. The number of sulfonamides is 1. The van der Waals surface area contributed by atoms with Crippen molar-refractivity contribution in [3.8, 4) is 0 Å². The molecule has 1 unspecified atom stereocenters. The van der Waals surface area contributed by atoms with Crippen molar-refractivity contribution in [3.63, 3.8) is 0 Å². The minimum Gasteiger partial charge on any atom is -0.465 e. The molecular weight excluding hydrogens is 274 g/mol. The van der Waals surface area contributed by atoms with E-state index in [1.165, 1.54) is 6.92 Å². The smallest absolute Gasteiger partial charge is 0.324 e. The van der Waals surface area contributed by atoms with E-state index in [0.717, 1.165) is 12.8 Å². The lowest BCUT2D eigenvalue weighted by Crippen LogP contribution is -2.43. The van der Waals surface area contributed by atoms with Crippen LogP contribution in [0.15, 0.2) is 0 Å². The van der Waals surface area contributed by atoms with Gasteiger partial charge in [-0.15, -0.1) is 0 Å². The van der Waals surface area contributed by atoms with Gasteiger partial charge in [-0.2, -0.15) is 11.8 Å². The average Bonchev–Trinajstić information content (AvgIpc) is 2.34. The maximum Gasteiger partial charge on any atom is 0.324 e. The second-order valence-corrected chi connectivity index (χ2v) is 6.90. The van der Waals surface area contributed by atoms with Gasteiger partial charge in [0.2, 0.25) is 10.0 Å². The fourth-order valence-corrected chi connectivity index (χ4v) is 2.46. The highest BCUT2D eigenvalue weighted by Gasteiger charge is 2.24. The molecular formula is C11H23NO4S2. The molecule has 0 aromatic rings. The SMILES string of the molecule is CCCCOC(=O)C(CCSC)NS(=O)(=O)CC. The van der Waals surface area contributed by atoms with Gasteiger partial charge in [0.1, 0.15) is 6.04 Å². The van der Waals surface area contributed by atoms with Crippen LogP contribution in [0.1, 0.15) is 33.1 Å². The number of rotatable bonds is 10. The monoisotopic (exact) mass is 297 g/mol. The Morgan fingerprint density at radius 1 is 1.39 bits per heavy atom. The van der Waals surface area contributed by atoms with E-state index in [0.29, 0.717) is 18.8 Å². The Morgan fingerprint density at radius 2 is 2.06 bits per heavy atom. The number of carbonyl (C=O) groups excluding carboxylic acids is 1. The molecule has 0 spiro atoms. The summed E-state index contributed by atoms with van der Waals surface area (Å²) >= 11 is 1.57. The van der Waals surface area contributed by atoms with Gasteiger partial charge >= 0.3 is 5.97 Å². The van der Waals surface area contributed by atoms with Crippen LogP contribution in [0.2, 0.25) is 0 Å². The van der Waals surface area contributed by atoms with Crippen molar-refractivity contribution in [1.29, 1.82) is 0 Å². The molecule has 0 rings (SSSR count). The molecule has 5 nitrogen and oxygen atoms in total. The van der Waals surface area contributed by atoms with Crippen molar-refractivity contribution in [2.45, 2.75) is 39.2 Å². The lowest BCUT2D eigenvalue weighted by atomic mass is 10.2. The molecule has 18 heavy (non-hydrogen) atoms. The predicted molar refractivity (Wildman–Crippen MR) is 75.3 cm³/mol. The summed E-state index contributed by atoms with van der Waals surface area (Å²) < 4.78 is 30.4. The minimum absolute atomic E-state index is 0.0367. The highest BCUT2D eigenvalue weighted by atomic mass is 32.2. The van der Waals surface area contributed by atoms with E-state index in [1.807, 2.05) is 13.2 Å². The Kier molecular flexibility index (Phi) is 9.49. The van der Waals surface area contributed by atoms with Crippen LogP contribution in [0, 0.1) is 0 Å². The summed E-state index contributed by atoms with van der Waals surface area (Å²) in [5.74, 6) is 0.194. The summed E-state index contributed by atoms with van der Waals surface area (Å²) in [6.45, 7) is 3.88. The van der Waals surface area contributed by atoms with Crippen molar-refractivity contribution in [2.24, 2.45) is 0 Å². The molecule has 0 aliphatic carbocycles. The molecule has 0 aromatic carbocycles. The molecule has 0 amide bonds. The van der Waals surface area contributed by atoms with Crippen LogP contribution in [-0.2, 0) is 19.6 Å². The quantitative estimate of drug-likeness (QED) is 0.487. The van der Waals surface area contributed by atoms with E-state index < -0.39 is 22.0 Å². The van der Waals surface area contributed by atoms with Gasteiger partial charge in [0, 0.05) is 0 Å². The van der Waals surface area contributed by atoms with E-state index in [9.17, 15) is 13.2 Å². The van der Waals surface area contributed by atoms with Crippen LogP contribution in [0.5, 0.6) is 0 Å². The normalized spacial score (nSPS) is 13.3. The molecule has 1 atom stereocenters. The first kappa shape index (κ1) is 17.7. The van der Waals surface area contributed by atoms with Crippen molar-refractivity contribution in [3.05, 3.63) is 0 Å². The average molecular weight is 297 g/mol. The Hall–Kier alpha value is -0.270. The first-order valence-corrected chi connectivity index (χ1v) is 9.17. The van der Waals surface area contributed by atoms with Gasteiger partial charge in [0.05, 0.1) is 12.4 Å². The van der Waals surface area contributed by atoms with Gasteiger partial charge in [-0.1, -0.05) is 13.3 Å². The number of thioether (sulfide) groups is 1. The predicted octanol–water partition coefficient (Wildman–Crippen LogP) is 1.39. The van der Waals surface area contributed by atoms with Crippen LogP contribution in [0.4, 0.5) is 0 Å². The standard InChI is InChI=1S/C11H23NO4S2/c1-4-6-8-16-11(13)10(7-9-17-3)12-18(14,15)5-2/h10,12H,4-9H2,1-3H3. The third-order valence-electron chi connectivity index (χ3n) is 2.34. The second kappa shape index (κ2) is 9.63. The first-order valence-electron chi connectivity index (χ1n) is 6.12. The number of hydrogen-bond donors (Lipinski definition) is 1. The van der Waals surface area contributed by atoms with Crippen molar-refractivity contribution < 1.29 is 17.9 Å². The molecule has 0 bridgehead atoms. The van der Waals surface area contributed by atoms with Gasteiger partial charge < -0.3 is 4.74 Å². The zero-order chi connectivity index (χ0) is 14.0. The van der Waals surface area contributed by atoms with Crippen molar-refractivity contribution >= 4 is 27.8 Å². The first-order chi connectivity index (χ1) is 8.46. The minimum atomic E-state index is -3.38. The summed E-state index contributed by atoms with van der Waals surface area (Å²) in [6, 6.07) is -0.765. The number of carbonyl (C=O) groups is 1. The van der Waals surface area contributed by atoms with Gasteiger partial charge in [-0.25, -0.2) is 13.1 Å². The molecule has 7 heteroatoms. The Morgan fingerprint density at radius 3 is 2.56 bits per heavy atom. The fraction of sp³-hybridized carbons (Fsp3) is 0.909. The van der Waals surface area contributed by atoms with Crippen LogP contribution < -0.4 is 4.72 Å². The summed E-state index contributed by atoms with van der Waals surface area (Å²) in [6.07, 6.45) is 4.09. The molecule has 1 N–H and O–H groups in total. The second-order valence-electron chi connectivity index (χ2n) is 3.88. The lowest BCUT2D eigenvalue weighted by Gasteiger charge is -2.16. The maximum atomic E-state index is 11.8. The molecule has 0 aliphatic heterocycles. The third-order valence-corrected chi connectivity index (χ3v) is 4.39. The van der Waals surface area contributed by atoms with Gasteiger partial charge in [0.25, 0.3) is 0 Å². The van der Waals surface area contributed by atoms with E-state index in [-0.39, 0.29) is 5.75 Å². The maximum absolute atomic E-state index is 11.8. The van der Waals surface area contributed by atoms with E-state index in [4.69, 9.17) is 4.74 Å². The molecule has 0 saturated heterocycles. The summed E-state index contributed by atoms with van der Waals surface area (Å²) in [4.78, 5) is 11.8. The largest absolute Gasteiger partial charge is 0.465 e. The Labute approximate surface area is 114 Å². The highest BCUT2D eigenvalue weighted by molar-refractivity contribution is 7.98. The topological polar surface area (TPSA) is 72.5 Å². The Bertz CT molecular complexity index is 330. The lowest BCUT2D eigenvalue weighted by molar-refractivity contribution is -0.145. The van der Waals surface area contributed by atoms with Crippen molar-refractivity contribution in [1.82, 2.24) is 4.72 Å². The highest BCUT2D eigenvalue weighted by Crippen LogP contribution is 2.05. The van der Waals surface area contributed by atoms with Gasteiger partial charge in [-0.05, 0) is 31.8 Å².